The van der Waals surface area contributed by atoms with Crippen LogP contribution in [0.25, 0.3) is 0 Å². The molecule has 4 rings (SSSR count). The van der Waals surface area contributed by atoms with E-state index in [0.717, 1.165) is 17.0 Å². The average Bonchev–Trinajstić information content (AvgIpc) is 3.27. The van der Waals surface area contributed by atoms with Crippen molar-refractivity contribution in [1.82, 2.24) is 10.2 Å². The highest BCUT2D eigenvalue weighted by Gasteiger charge is 2.69. The van der Waals surface area contributed by atoms with Crippen molar-refractivity contribution < 1.29 is 42.3 Å². The zero-order valence-electron chi connectivity index (χ0n) is 20.5. The number of carbonyl (C=O) groups is 3. The summed E-state index contributed by atoms with van der Waals surface area (Å²) < 4.78 is 42.5. The second-order valence-corrected chi connectivity index (χ2v) is 10.3. The van der Waals surface area contributed by atoms with E-state index < -0.39 is 63.8 Å². The molecule has 0 radical (unpaired) electrons. The Morgan fingerprint density at radius 2 is 1.76 bits per heavy atom. The predicted molar refractivity (Wildman–Crippen MR) is 125 cm³/mol. The molecule has 2 aliphatic heterocycles. The number of carboxylic acid groups (broad SMARTS) is 1. The number of aliphatic carboxylic acids is 1. The maximum absolute atomic E-state index is 13.7. The lowest BCUT2D eigenvalue weighted by molar-refractivity contribution is -0.384. The van der Waals surface area contributed by atoms with Gasteiger partial charge in [-0.2, -0.15) is 0 Å². The largest absolute Gasteiger partial charge is 0.573 e. The Morgan fingerprint density at radius 1 is 1.13 bits per heavy atom. The van der Waals surface area contributed by atoms with E-state index in [2.05, 4.69) is 10.1 Å². The van der Waals surface area contributed by atoms with Crippen LogP contribution >= 0.6 is 0 Å². The van der Waals surface area contributed by atoms with Crippen molar-refractivity contribution in [1.29, 1.82) is 0 Å². The third-order valence-corrected chi connectivity index (χ3v) is 6.79. The van der Waals surface area contributed by atoms with E-state index in [1.807, 2.05) is 0 Å². The molecule has 202 valence electrons. The van der Waals surface area contributed by atoms with Crippen LogP contribution in [0.2, 0.25) is 0 Å². The molecule has 2 N–H and O–H groups in total. The van der Waals surface area contributed by atoms with Gasteiger partial charge in [0.05, 0.1) is 16.8 Å². The summed E-state index contributed by atoms with van der Waals surface area (Å²) in [7, 11) is 0. The van der Waals surface area contributed by atoms with Crippen molar-refractivity contribution in [3.63, 3.8) is 0 Å². The maximum atomic E-state index is 13.7. The van der Waals surface area contributed by atoms with Gasteiger partial charge in [0, 0.05) is 30.1 Å². The number of ether oxygens (including phenoxy) is 1. The van der Waals surface area contributed by atoms with Gasteiger partial charge in [-0.15, -0.1) is 13.2 Å². The number of carboxylic acids is 1. The number of imide groups is 1. The lowest BCUT2D eigenvalue weighted by Gasteiger charge is -2.35. The van der Waals surface area contributed by atoms with Gasteiger partial charge in [0.25, 0.3) is 5.69 Å². The highest BCUT2D eigenvalue weighted by Crippen LogP contribution is 2.51. The van der Waals surface area contributed by atoms with Gasteiger partial charge in [-0.1, -0.05) is 24.3 Å². The summed E-state index contributed by atoms with van der Waals surface area (Å²) in [6.45, 7) is 4.84. The molecule has 0 spiro atoms. The minimum absolute atomic E-state index is 0.130. The van der Waals surface area contributed by atoms with E-state index >= 15 is 0 Å². The summed E-state index contributed by atoms with van der Waals surface area (Å²) in [6, 6.07) is 8.74. The first-order chi connectivity index (χ1) is 17.5. The highest BCUT2D eigenvalue weighted by molar-refractivity contribution is 6.10. The number of likely N-dealkylation sites (tertiary alicyclic amines) is 1. The number of rotatable bonds is 6. The van der Waals surface area contributed by atoms with Crippen molar-refractivity contribution in [2.75, 3.05) is 0 Å². The summed E-state index contributed by atoms with van der Waals surface area (Å²) in [5.74, 6) is -6.04. The van der Waals surface area contributed by atoms with Crippen molar-refractivity contribution >= 4 is 23.5 Å². The molecule has 0 aliphatic carbocycles. The van der Waals surface area contributed by atoms with Crippen molar-refractivity contribution in [3.05, 3.63) is 69.8 Å². The molecular weight excluding hydrogens is 511 g/mol. The van der Waals surface area contributed by atoms with Crippen LogP contribution in [-0.2, 0) is 20.8 Å². The smallest absolute Gasteiger partial charge is 0.480 e. The maximum Gasteiger partial charge on any atom is 0.573 e. The number of nitrogens with one attached hydrogen (secondary N) is 1. The summed E-state index contributed by atoms with van der Waals surface area (Å²) in [6.07, 6.45) is -5.30. The van der Waals surface area contributed by atoms with Crippen LogP contribution < -0.4 is 10.1 Å². The fourth-order valence-corrected chi connectivity index (χ4v) is 5.35. The lowest BCUT2D eigenvalue weighted by Crippen LogP contribution is -2.58. The molecule has 2 heterocycles. The average molecular weight is 535 g/mol. The Morgan fingerprint density at radius 3 is 2.29 bits per heavy atom. The van der Waals surface area contributed by atoms with Crippen LogP contribution in [0, 0.1) is 22.0 Å². The fourth-order valence-electron chi connectivity index (χ4n) is 5.35. The van der Waals surface area contributed by atoms with Gasteiger partial charge in [0.15, 0.2) is 0 Å². The van der Waals surface area contributed by atoms with Gasteiger partial charge in [-0.3, -0.25) is 34.7 Å². The number of nitro benzene ring substituents is 1. The van der Waals surface area contributed by atoms with Gasteiger partial charge >= 0.3 is 12.3 Å². The van der Waals surface area contributed by atoms with Gasteiger partial charge in [0.1, 0.15) is 11.3 Å². The molecule has 2 aliphatic rings. The number of hydrogen-bond donors (Lipinski definition) is 2. The number of benzene rings is 2. The topological polar surface area (TPSA) is 139 Å². The number of amides is 2. The van der Waals surface area contributed by atoms with Crippen LogP contribution in [0.15, 0.2) is 48.5 Å². The van der Waals surface area contributed by atoms with Crippen LogP contribution in [0.4, 0.5) is 18.9 Å². The molecule has 0 aromatic heterocycles. The third-order valence-electron chi connectivity index (χ3n) is 6.79. The minimum atomic E-state index is -4.98. The third kappa shape index (κ3) is 4.69. The molecule has 13 heteroatoms. The van der Waals surface area contributed by atoms with Crippen LogP contribution in [0.5, 0.6) is 5.75 Å². The summed E-state index contributed by atoms with van der Waals surface area (Å²) >= 11 is 0. The Balaban J connectivity index is 1.84. The first-order valence-corrected chi connectivity index (χ1v) is 11.5. The number of nitrogens with zero attached hydrogens (tertiary/aromatic N) is 2. The van der Waals surface area contributed by atoms with E-state index in [0.29, 0.717) is 5.56 Å². The Hall–Kier alpha value is -4.00. The van der Waals surface area contributed by atoms with Crippen molar-refractivity contribution in [2.24, 2.45) is 11.8 Å². The Kier molecular flexibility index (Phi) is 6.46. The number of carbonyl (C=O) groups excluding carboxylic acids is 2. The first kappa shape index (κ1) is 27.0. The van der Waals surface area contributed by atoms with Gasteiger partial charge in [0.2, 0.25) is 11.8 Å². The molecule has 2 aromatic rings. The summed E-state index contributed by atoms with van der Waals surface area (Å²) in [5.41, 5.74) is -2.79. The number of fused-ring (bicyclic) bond motifs is 1. The normalized spacial score (nSPS) is 25.4. The lowest BCUT2D eigenvalue weighted by atomic mass is 9.76. The molecule has 2 amide bonds. The van der Waals surface area contributed by atoms with E-state index in [-0.39, 0.29) is 17.7 Å². The molecule has 2 aromatic carbocycles. The quantitative estimate of drug-likeness (QED) is 0.325. The van der Waals surface area contributed by atoms with Gasteiger partial charge < -0.3 is 9.84 Å². The second kappa shape index (κ2) is 9.08. The van der Waals surface area contributed by atoms with Crippen LogP contribution in [-0.4, -0.2) is 50.2 Å². The van der Waals surface area contributed by atoms with Crippen LogP contribution in [0.3, 0.4) is 0 Å². The zero-order valence-corrected chi connectivity index (χ0v) is 20.5. The zero-order chi connectivity index (χ0) is 28.2. The van der Waals surface area contributed by atoms with Crippen LogP contribution in [0.1, 0.15) is 37.9 Å². The van der Waals surface area contributed by atoms with Gasteiger partial charge in [-0.25, -0.2) is 0 Å². The Bertz CT molecular complexity index is 1310. The number of non-ortho nitro benzene ring substituents is 1. The second-order valence-electron chi connectivity index (χ2n) is 10.3. The molecule has 0 bridgehead atoms. The molecular formula is C25H24F3N3O7. The van der Waals surface area contributed by atoms with E-state index in [4.69, 9.17) is 0 Å². The summed E-state index contributed by atoms with van der Waals surface area (Å²) in [4.78, 5) is 51.6. The molecule has 10 nitrogen and oxygen atoms in total. The Labute approximate surface area is 214 Å². The highest BCUT2D eigenvalue weighted by atomic mass is 19.4. The monoisotopic (exact) mass is 535 g/mol. The van der Waals surface area contributed by atoms with E-state index in [9.17, 15) is 42.8 Å². The molecule has 38 heavy (non-hydrogen) atoms. The summed E-state index contributed by atoms with van der Waals surface area (Å²) in [5, 5.41) is 24.4. The standard InChI is InChI=1S/C25H24F3N3O7/c1-23(2,3)30-20(32)17-18(21(30)33)24(22(34)35,12-13-7-9-15(10-8-13)31(36)37)29-19(17)14-5-4-6-16(11-14)38-25(26,27)28/h4-11,17-19,29H,12H2,1-3H3,(H,34,35). The number of halogens is 3. The van der Waals surface area contributed by atoms with E-state index in [1.165, 1.54) is 36.4 Å². The molecule has 0 saturated carbocycles. The van der Waals surface area contributed by atoms with Crippen molar-refractivity contribution in [2.45, 2.75) is 50.7 Å². The minimum Gasteiger partial charge on any atom is -0.480 e. The van der Waals surface area contributed by atoms with Crippen molar-refractivity contribution in [3.8, 4) is 5.75 Å². The first-order valence-electron chi connectivity index (χ1n) is 11.5. The molecule has 4 unspecified atom stereocenters. The molecule has 2 saturated heterocycles. The molecule has 2 fully saturated rings. The van der Waals surface area contributed by atoms with E-state index in [1.54, 1.807) is 20.8 Å². The number of nitro groups is 1. The number of hydrogen-bond acceptors (Lipinski definition) is 7. The molecule has 4 atom stereocenters. The predicted octanol–water partition coefficient (Wildman–Crippen LogP) is 3.60. The van der Waals surface area contributed by atoms with Gasteiger partial charge in [-0.05, 0) is 44.0 Å². The SMILES string of the molecule is CC(C)(C)N1C(=O)C2C(c3cccc(OC(F)(F)F)c3)NC(Cc3ccc([N+](=O)[O-])cc3)(C(=O)O)C2C1=O. The number of alkyl halides is 3. The fraction of sp³-hybridized carbons (Fsp3) is 0.400.